The Morgan fingerprint density at radius 3 is 3.00 bits per heavy atom. The number of nitrogens with zero attached hydrogens (tertiary/aromatic N) is 1. The standard InChI is InChI=1S/C17H18ClN3O2/c18-13-3-1-4-14(8-13)21-15-7-12(9-19-10-15)17(22)20-11-16-5-2-6-23-16/h1,3-4,7-10,16,21H,2,5-6,11H2,(H,20,22). The Morgan fingerprint density at radius 2 is 2.22 bits per heavy atom. The number of nitrogens with one attached hydrogen (secondary N) is 2. The van der Waals surface area contributed by atoms with E-state index in [0.29, 0.717) is 17.1 Å². The number of benzene rings is 1. The Kier molecular flexibility index (Phi) is 5.10. The van der Waals surface area contributed by atoms with E-state index in [-0.39, 0.29) is 12.0 Å². The third-order valence-electron chi connectivity index (χ3n) is 3.63. The zero-order valence-corrected chi connectivity index (χ0v) is 13.3. The summed E-state index contributed by atoms with van der Waals surface area (Å²) in [7, 11) is 0. The van der Waals surface area contributed by atoms with Crippen LogP contribution >= 0.6 is 11.6 Å². The summed E-state index contributed by atoms with van der Waals surface area (Å²) in [5, 5.41) is 6.72. The first-order valence-corrected chi connectivity index (χ1v) is 7.96. The number of hydrogen-bond donors (Lipinski definition) is 2. The second-order valence-electron chi connectivity index (χ2n) is 5.44. The van der Waals surface area contributed by atoms with E-state index in [4.69, 9.17) is 16.3 Å². The predicted octanol–water partition coefficient (Wildman–Crippen LogP) is 3.39. The van der Waals surface area contributed by atoms with Gasteiger partial charge in [-0.2, -0.15) is 0 Å². The summed E-state index contributed by atoms with van der Waals surface area (Å²) in [4.78, 5) is 16.3. The smallest absolute Gasteiger partial charge is 0.253 e. The van der Waals surface area contributed by atoms with E-state index in [1.165, 1.54) is 0 Å². The molecule has 0 bridgehead atoms. The van der Waals surface area contributed by atoms with Crippen LogP contribution in [0.15, 0.2) is 42.7 Å². The first-order valence-electron chi connectivity index (χ1n) is 7.58. The van der Waals surface area contributed by atoms with Crippen LogP contribution in [0, 0.1) is 0 Å². The van der Waals surface area contributed by atoms with E-state index in [2.05, 4.69) is 15.6 Å². The Bertz CT molecular complexity index is 687. The van der Waals surface area contributed by atoms with Crippen LogP contribution in [0.4, 0.5) is 11.4 Å². The van der Waals surface area contributed by atoms with Crippen molar-refractivity contribution in [1.29, 1.82) is 0 Å². The summed E-state index contributed by atoms with van der Waals surface area (Å²) in [5.74, 6) is -0.150. The lowest BCUT2D eigenvalue weighted by Crippen LogP contribution is -2.31. The fraction of sp³-hybridized carbons (Fsp3) is 0.294. The van der Waals surface area contributed by atoms with Crippen LogP contribution < -0.4 is 10.6 Å². The minimum absolute atomic E-state index is 0.125. The molecule has 1 aromatic heterocycles. The molecule has 2 aromatic rings. The van der Waals surface area contributed by atoms with Crippen LogP contribution in [0.25, 0.3) is 0 Å². The minimum Gasteiger partial charge on any atom is -0.376 e. The van der Waals surface area contributed by atoms with Gasteiger partial charge in [0.2, 0.25) is 0 Å². The Labute approximate surface area is 140 Å². The van der Waals surface area contributed by atoms with Crippen molar-refractivity contribution in [3.63, 3.8) is 0 Å². The molecule has 23 heavy (non-hydrogen) atoms. The number of ether oxygens (including phenoxy) is 1. The highest BCUT2D eigenvalue weighted by Crippen LogP contribution is 2.20. The fourth-order valence-electron chi connectivity index (χ4n) is 2.48. The van der Waals surface area contributed by atoms with E-state index < -0.39 is 0 Å². The molecule has 1 unspecified atom stereocenters. The lowest BCUT2D eigenvalue weighted by molar-refractivity contribution is 0.0857. The normalized spacial score (nSPS) is 17.0. The van der Waals surface area contributed by atoms with Crippen molar-refractivity contribution in [1.82, 2.24) is 10.3 Å². The van der Waals surface area contributed by atoms with Gasteiger partial charge in [0, 0.05) is 30.1 Å². The third kappa shape index (κ3) is 4.43. The number of hydrogen-bond acceptors (Lipinski definition) is 4. The molecule has 0 spiro atoms. The third-order valence-corrected chi connectivity index (χ3v) is 3.86. The molecule has 1 atom stereocenters. The minimum atomic E-state index is -0.150. The van der Waals surface area contributed by atoms with Crippen molar-refractivity contribution < 1.29 is 9.53 Å². The van der Waals surface area contributed by atoms with E-state index >= 15 is 0 Å². The second kappa shape index (κ2) is 7.44. The van der Waals surface area contributed by atoms with Gasteiger partial charge in [-0.3, -0.25) is 9.78 Å². The molecule has 5 nitrogen and oxygen atoms in total. The van der Waals surface area contributed by atoms with Gasteiger partial charge in [-0.25, -0.2) is 0 Å². The summed E-state index contributed by atoms with van der Waals surface area (Å²) >= 11 is 5.96. The zero-order chi connectivity index (χ0) is 16.1. The molecule has 1 aromatic carbocycles. The van der Waals surface area contributed by atoms with Crippen LogP contribution in [0.2, 0.25) is 5.02 Å². The summed E-state index contributed by atoms with van der Waals surface area (Å²) in [6.45, 7) is 1.31. The molecule has 1 fully saturated rings. The molecule has 2 heterocycles. The van der Waals surface area contributed by atoms with E-state index in [0.717, 1.165) is 30.8 Å². The summed E-state index contributed by atoms with van der Waals surface area (Å²) < 4.78 is 5.50. The van der Waals surface area contributed by atoms with Gasteiger partial charge in [-0.15, -0.1) is 0 Å². The highest BCUT2D eigenvalue weighted by molar-refractivity contribution is 6.30. The quantitative estimate of drug-likeness (QED) is 0.881. The largest absolute Gasteiger partial charge is 0.376 e. The fourth-order valence-corrected chi connectivity index (χ4v) is 2.67. The van der Waals surface area contributed by atoms with Gasteiger partial charge >= 0.3 is 0 Å². The van der Waals surface area contributed by atoms with Crippen LogP contribution in [0.1, 0.15) is 23.2 Å². The molecule has 1 saturated heterocycles. The molecule has 2 N–H and O–H groups in total. The Morgan fingerprint density at radius 1 is 1.30 bits per heavy atom. The van der Waals surface area contributed by atoms with Crippen LogP contribution in [-0.2, 0) is 4.74 Å². The number of amides is 1. The van der Waals surface area contributed by atoms with Gasteiger partial charge in [-0.1, -0.05) is 17.7 Å². The summed E-state index contributed by atoms with van der Waals surface area (Å²) in [5.41, 5.74) is 2.09. The van der Waals surface area contributed by atoms with E-state index in [1.54, 1.807) is 24.5 Å². The van der Waals surface area contributed by atoms with Crippen LogP contribution in [0.3, 0.4) is 0 Å². The van der Waals surface area contributed by atoms with Crippen molar-refractivity contribution in [2.75, 3.05) is 18.5 Å². The van der Waals surface area contributed by atoms with Crippen molar-refractivity contribution >= 4 is 28.9 Å². The number of carbonyl (C=O) groups excluding carboxylic acids is 1. The van der Waals surface area contributed by atoms with Gasteiger partial charge in [0.15, 0.2) is 0 Å². The summed E-state index contributed by atoms with van der Waals surface area (Å²) in [6.07, 6.45) is 5.39. The number of carbonyl (C=O) groups is 1. The maximum Gasteiger partial charge on any atom is 0.253 e. The van der Waals surface area contributed by atoms with Crippen LogP contribution in [0.5, 0.6) is 0 Å². The van der Waals surface area contributed by atoms with Gasteiger partial charge in [0.25, 0.3) is 5.91 Å². The molecule has 0 aliphatic carbocycles. The van der Waals surface area contributed by atoms with Gasteiger partial charge in [0.1, 0.15) is 0 Å². The highest BCUT2D eigenvalue weighted by Gasteiger charge is 2.16. The SMILES string of the molecule is O=C(NCC1CCCO1)c1cncc(Nc2cccc(Cl)c2)c1. The van der Waals surface area contributed by atoms with Gasteiger partial charge in [-0.05, 0) is 37.1 Å². The molecule has 0 saturated carbocycles. The first kappa shape index (κ1) is 15.8. The van der Waals surface area contributed by atoms with Crippen molar-refractivity contribution in [3.8, 4) is 0 Å². The number of rotatable bonds is 5. The Hall–Kier alpha value is -2.11. The zero-order valence-electron chi connectivity index (χ0n) is 12.6. The second-order valence-corrected chi connectivity index (χ2v) is 5.88. The molecule has 6 heteroatoms. The van der Waals surface area contributed by atoms with Crippen molar-refractivity contribution in [3.05, 3.63) is 53.3 Å². The molecular weight excluding hydrogens is 314 g/mol. The predicted molar refractivity (Wildman–Crippen MR) is 90.3 cm³/mol. The highest BCUT2D eigenvalue weighted by atomic mass is 35.5. The molecule has 120 valence electrons. The van der Waals surface area contributed by atoms with Gasteiger partial charge < -0.3 is 15.4 Å². The molecule has 1 aliphatic heterocycles. The lowest BCUT2D eigenvalue weighted by Gasteiger charge is -2.11. The van der Waals surface area contributed by atoms with Crippen molar-refractivity contribution in [2.24, 2.45) is 0 Å². The van der Waals surface area contributed by atoms with E-state index in [9.17, 15) is 4.79 Å². The number of aromatic nitrogens is 1. The number of pyridine rings is 1. The topological polar surface area (TPSA) is 63.2 Å². The number of anilines is 2. The maximum atomic E-state index is 12.2. The van der Waals surface area contributed by atoms with E-state index in [1.807, 2.05) is 18.2 Å². The van der Waals surface area contributed by atoms with Gasteiger partial charge in [0.05, 0.1) is 23.6 Å². The lowest BCUT2D eigenvalue weighted by atomic mass is 10.2. The number of halogens is 1. The molecule has 0 radical (unpaired) electrons. The molecule has 3 rings (SSSR count). The molecular formula is C17H18ClN3O2. The van der Waals surface area contributed by atoms with Crippen LogP contribution in [-0.4, -0.2) is 30.1 Å². The first-order chi connectivity index (χ1) is 11.2. The Balaban J connectivity index is 1.63. The maximum absolute atomic E-state index is 12.2. The van der Waals surface area contributed by atoms with Crippen molar-refractivity contribution in [2.45, 2.75) is 18.9 Å². The average molecular weight is 332 g/mol. The summed E-state index contributed by atoms with van der Waals surface area (Å²) in [6, 6.07) is 9.14. The average Bonchev–Trinajstić information content (AvgIpc) is 3.06. The monoisotopic (exact) mass is 331 g/mol. The molecule has 1 aliphatic rings. The molecule has 1 amide bonds.